The smallest absolute Gasteiger partial charge is 0.234 e. The zero-order chi connectivity index (χ0) is 14.5. The highest BCUT2D eigenvalue weighted by molar-refractivity contribution is 7.10. The molecule has 0 bridgehead atoms. The van der Waals surface area contributed by atoms with Gasteiger partial charge in [-0.05, 0) is 23.9 Å². The molecule has 0 aromatic carbocycles. The second kappa shape index (κ2) is 7.03. The molecule has 1 atom stereocenters. The Morgan fingerprint density at radius 3 is 2.68 bits per heavy atom. The lowest BCUT2D eigenvalue weighted by Gasteiger charge is -2.31. The third-order valence-corrected chi connectivity index (χ3v) is 3.83. The van der Waals surface area contributed by atoms with Gasteiger partial charge in [0.05, 0.1) is 19.2 Å². The molecule has 0 radical (unpaired) electrons. The first-order chi connectivity index (χ1) is 8.84. The van der Waals surface area contributed by atoms with E-state index in [4.69, 9.17) is 5.11 Å². The summed E-state index contributed by atoms with van der Waals surface area (Å²) in [6, 6.07) is 4.07. The van der Waals surface area contributed by atoms with Crippen molar-refractivity contribution in [2.75, 3.05) is 26.7 Å². The number of hydrogen-bond acceptors (Lipinski definition) is 4. The molecule has 0 spiro atoms. The number of hydrogen-bond donors (Lipinski definition) is 2. The van der Waals surface area contributed by atoms with Gasteiger partial charge >= 0.3 is 0 Å². The molecule has 108 valence electrons. The maximum Gasteiger partial charge on any atom is 0.234 e. The summed E-state index contributed by atoms with van der Waals surface area (Å²) in [7, 11) is 1.83. The molecular formula is C14H24N2O2S. The standard InChI is InChI=1S/C14H24N2O2S/c1-14(2,3)13(11-6-5-9-19-11)15-12(18)10-16(4)7-8-17/h5-6,9,13,17H,7-8,10H2,1-4H3,(H,15,18). The Hall–Kier alpha value is -0.910. The van der Waals surface area contributed by atoms with Crippen LogP contribution in [0.4, 0.5) is 0 Å². The molecule has 0 aliphatic heterocycles. The van der Waals surface area contributed by atoms with Crippen molar-refractivity contribution >= 4 is 17.2 Å². The minimum atomic E-state index is -0.0317. The number of thiophene rings is 1. The van der Waals surface area contributed by atoms with Crippen molar-refractivity contribution in [2.24, 2.45) is 5.41 Å². The maximum atomic E-state index is 12.1. The highest BCUT2D eigenvalue weighted by Crippen LogP contribution is 2.34. The van der Waals surface area contributed by atoms with E-state index in [0.29, 0.717) is 13.1 Å². The average molecular weight is 284 g/mol. The van der Waals surface area contributed by atoms with Crippen LogP contribution in [0.2, 0.25) is 0 Å². The van der Waals surface area contributed by atoms with Crippen LogP contribution >= 0.6 is 11.3 Å². The van der Waals surface area contributed by atoms with E-state index in [1.54, 1.807) is 11.3 Å². The van der Waals surface area contributed by atoms with Crippen molar-refractivity contribution in [2.45, 2.75) is 26.8 Å². The minimum absolute atomic E-state index is 0.00993. The minimum Gasteiger partial charge on any atom is -0.395 e. The summed E-state index contributed by atoms with van der Waals surface area (Å²) in [6.07, 6.45) is 0. The van der Waals surface area contributed by atoms with Crippen LogP contribution in [0.1, 0.15) is 31.7 Å². The van der Waals surface area contributed by atoms with E-state index < -0.39 is 0 Å². The third kappa shape index (κ3) is 5.30. The van der Waals surface area contributed by atoms with Crippen molar-refractivity contribution in [1.29, 1.82) is 0 Å². The lowest BCUT2D eigenvalue weighted by atomic mass is 9.85. The fourth-order valence-corrected chi connectivity index (χ4v) is 2.89. The fraction of sp³-hybridized carbons (Fsp3) is 0.643. The number of amides is 1. The molecule has 4 nitrogen and oxygen atoms in total. The van der Waals surface area contributed by atoms with Crippen LogP contribution in [0.15, 0.2) is 17.5 Å². The number of aliphatic hydroxyl groups is 1. The fourth-order valence-electron chi connectivity index (χ4n) is 1.87. The SMILES string of the molecule is CN(CCO)CC(=O)NC(c1cccs1)C(C)(C)C. The highest BCUT2D eigenvalue weighted by atomic mass is 32.1. The molecule has 1 amide bonds. The van der Waals surface area contributed by atoms with E-state index in [1.807, 2.05) is 23.4 Å². The number of nitrogens with zero attached hydrogens (tertiary/aromatic N) is 1. The van der Waals surface area contributed by atoms with Crippen LogP contribution < -0.4 is 5.32 Å². The number of carbonyl (C=O) groups is 1. The summed E-state index contributed by atoms with van der Waals surface area (Å²) < 4.78 is 0. The molecule has 2 N–H and O–H groups in total. The Balaban J connectivity index is 2.66. The molecule has 19 heavy (non-hydrogen) atoms. The Kier molecular flexibility index (Phi) is 5.97. The first-order valence-electron chi connectivity index (χ1n) is 6.46. The number of carbonyl (C=O) groups excluding carboxylic acids is 1. The molecule has 1 rings (SSSR count). The van der Waals surface area contributed by atoms with E-state index in [9.17, 15) is 4.79 Å². The largest absolute Gasteiger partial charge is 0.395 e. The van der Waals surface area contributed by atoms with Gasteiger partial charge in [-0.3, -0.25) is 9.69 Å². The van der Waals surface area contributed by atoms with Gasteiger partial charge in [0.1, 0.15) is 0 Å². The normalized spacial score (nSPS) is 13.6. The van der Waals surface area contributed by atoms with Gasteiger partial charge in [-0.2, -0.15) is 0 Å². The van der Waals surface area contributed by atoms with E-state index in [1.165, 1.54) is 4.88 Å². The summed E-state index contributed by atoms with van der Waals surface area (Å²) in [5, 5.41) is 14.0. The van der Waals surface area contributed by atoms with Gasteiger partial charge in [-0.15, -0.1) is 11.3 Å². The predicted molar refractivity (Wildman–Crippen MR) is 79.2 cm³/mol. The molecule has 1 heterocycles. The number of aliphatic hydroxyl groups excluding tert-OH is 1. The molecule has 1 aromatic heterocycles. The monoisotopic (exact) mass is 284 g/mol. The molecule has 1 aromatic rings. The van der Waals surface area contributed by atoms with Crippen LogP contribution in [-0.2, 0) is 4.79 Å². The van der Waals surface area contributed by atoms with Crippen molar-refractivity contribution in [3.05, 3.63) is 22.4 Å². The number of likely N-dealkylation sites (N-methyl/N-ethyl adjacent to an activating group) is 1. The Morgan fingerprint density at radius 1 is 1.53 bits per heavy atom. The van der Waals surface area contributed by atoms with Gasteiger partial charge in [0.25, 0.3) is 0 Å². The lowest BCUT2D eigenvalue weighted by molar-refractivity contribution is -0.123. The zero-order valence-electron chi connectivity index (χ0n) is 12.1. The lowest BCUT2D eigenvalue weighted by Crippen LogP contribution is -2.41. The summed E-state index contributed by atoms with van der Waals surface area (Å²) >= 11 is 1.66. The van der Waals surface area contributed by atoms with Crippen LogP contribution in [0, 0.1) is 5.41 Å². The van der Waals surface area contributed by atoms with E-state index in [2.05, 4.69) is 32.2 Å². The summed E-state index contributed by atoms with van der Waals surface area (Å²) in [5.41, 5.74) is -0.0317. The Morgan fingerprint density at radius 2 is 2.21 bits per heavy atom. The van der Waals surface area contributed by atoms with Gasteiger partial charge in [0, 0.05) is 11.4 Å². The van der Waals surface area contributed by atoms with Crippen LogP contribution in [0.25, 0.3) is 0 Å². The first-order valence-corrected chi connectivity index (χ1v) is 7.34. The second-order valence-electron chi connectivity index (χ2n) is 5.84. The zero-order valence-corrected chi connectivity index (χ0v) is 13.0. The van der Waals surface area contributed by atoms with Gasteiger partial charge in [-0.25, -0.2) is 0 Å². The van der Waals surface area contributed by atoms with Crippen LogP contribution in [0.3, 0.4) is 0 Å². The number of nitrogens with one attached hydrogen (secondary N) is 1. The molecule has 0 fully saturated rings. The van der Waals surface area contributed by atoms with Crippen molar-refractivity contribution in [3.8, 4) is 0 Å². The molecular weight excluding hydrogens is 260 g/mol. The average Bonchev–Trinajstić information content (AvgIpc) is 2.77. The van der Waals surface area contributed by atoms with E-state index in [-0.39, 0.29) is 24.0 Å². The molecule has 5 heteroatoms. The molecule has 0 aliphatic carbocycles. The Labute approximate surface area is 119 Å². The molecule has 0 saturated carbocycles. The molecule has 0 aliphatic rings. The van der Waals surface area contributed by atoms with Crippen LogP contribution in [0.5, 0.6) is 0 Å². The van der Waals surface area contributed by atoms with Gasteiger partial charge in [-0.1, -0.05) is 26.8 Å². The van der Waals surface area contributed by atoms with Gasteiger partial charge < -0.3 is 10.4 Å². The summed E-state index contributed by atoms with van der Waals surface area (Å²) in [5.74, 6) is -0.00993. The maximum absolute atomic E-state index is 12.1. The topological polar surface area (TPSA) is 52.6 Å². The summed E-state index contributed by atoms with van der Waals surface area (Å²) in [6.45, 7) is 7.24. The van der Waals surface area contributed by atoms with E-state index in [0.717, 1.165) is 0 Å². The first kappa shape index (κ1) is 16.1. The summed E-state index contributed by atoms with van der Waals surface area (Å²) in [4.78, 5) is 15.0. The van der Waals surface area contributed by atoms with Crippen molar-refractivity contribution in [1.82, 2.24) is 10.2 Å². The number of rotatable bonds is 6. The van der Waals surface area contributed by atoms with Gasteiger partial charge in [0.15, 0.2) is 0 Å². The quantitative estimate of drug-likeness (QED) is 0.838. The van der Waals surface area contributed by atoms with Crippen LogP contribution in [-0.4, -0.2) is 42.7 Å². The van der Waals surface area contributed by atoms with Crippen molar-refractivity contribution < 1.29 is 9.90 Å². The Bertz CT molecular complexity index is 385. The predicted octanol–water partition coefficient (Wildman–Crippen LogP) is 1.88. The highest BCUT2D eigenvalue weighted by Gasteiger charge is 2.28. The molecule has 1 unspecified atom stereocenters. The van der Waals surface area contributed by atoms with Gasteiger partial charge in [0.2, 0.25) is 5.91 Å². The van der Waals surface area contributed by atoms with Crippen molar-refractivity contribution in [3.63, 3.8) is 0 Å². The molecule has 0 saturated heterocycles. The third-order valence-electron chi connectivity index (χ3n) is 2.89. The second-order valence-corrected chi connectivity index (χ2v) is 6.82. The van der Waals surface area contributed by atoms with E-state index >= 15 is 0 Å².